The second-order valence-corrected chi connectivity index (χ2v) is 2.77. The molecule has 0 aromatic carbocycles. The van der Waals surface area contributed by atoms with E-state index in [-0.39, 0.29) is 12.3 Å². The highest BCUT2D eigenvalue weighted by atomic mass is 32.1. The number of hydrogen-bond acceptors (Lipinski definition) is 3. The molecule has 3 nitrogen and oxygen atoms in total. The Hall–Kier alpha value is -1.38. The van der Waals surface area contributed by atoms with E-state index in [1.807, 2.05) is 0 Å². The highest BCUT2D eigenvalue weighted by Crippen LogP contribution is 1.94. The van der Waals surface area contributed by atoms with Crippen LogP contribution in [0.5, 0.6) is 0 Å². The van der Waals surface area contributed by atoms with Crippen LogP contribution >= 0.6 is 12.2 Å². The normalized spacial score (nSPS) is 9.00. The van der Waals surface area contributed by atoms with Gasteiger partial charge in [0.05, 0.1) is 0 Å². The Kier molecular flexibility index (Phi) is 3.43. The number of rotatable bonds is 3. The number of isothiocyanates is 1. The van der Waals surface area contributed by atoms with Gasteiger partial charge in [0.1, 0.15) is 12.7 Å². The van der Waals surface area contributed by atoms with Crippen molar-refractivity contribution in [2.75, 3.05) is 13.6 Å². The molecule has 0 radical (unpaired) electrons. The van der Waals surface area contributed by atoms with Gasteiger partial charge in [-0.1, -0.05) is 6.07 Å². The fourth-order valence-corrected chi connectivity index (χ4v) is 0.921. The zero-order chi connectivity index (χ0) is 9.68. The van der Waals surface area contributed by atoms with Crippen molar-refractivity contribution in [1.82, 2.24) is 4.98 Å². The number of aromatic nitrogens is 1. The number of carbonyl (C=O) groups is 1. The second-order valence-electron chi connectivity index (χ2n) is 2.59. The average molecular weight is 193 g/mol. The Morgan fingerprint density at radius 3 is 3.00 bits per heavy atom. The standard InChI is InChI=1S/C9H9N2OS/c1-11(7-13)6-9(12)8-4-2-3-5-10-8/h2-5H,6H2,1H3/q+1. The summed E-state index contributed by atoms with van der Waals surface area (Å²) in [7, 11) is 1.70. The molecule has 0 atom stereocenters. The highest BCUT2D eigenvalue weighted by Gasteiger charge is 2.10. The van der Waals surface area contributed by atoms with E-state index in [1.54, 1.807) is 31.4 Å². The van der Waals surface area contributed by atoms with E-state index in [9.17, 15) is 4.79 Å². The monoisotopic (exact) mass is 193 g/mol. The van der Waals surface area contributed by atoms with Crippen LogP contribution in [0.2, 0.25) is 0 Å². The topological polar surface area (TPSA) is 33.0 Å². The van der Waals surface area contributed by atoms with Gasteiger partial charge in [0.2, 0.25) is 17.5 Å². The molecule has 1 aromatic rings. The van der Waals surface area contributed by atoms with Crippen molar-refractivity contribution in [3.8, 4) is 0 Å². The van der Waals surface area contributed by atoms with Crippen LogP contribution in [0.4, 0.5) is 0 Å². The molecule has 0 bridgehead atoms. The van der Waals surface area contributed by atoms with E-state index in [2.05, 4.69) is 22.4 Å². The number of hydrogen-bond donors (Lipinski definition) is 0. The molecular formula is C9H9N2OS+. The van der Waals surface area contributed by atoms with Crippen molar-refractivity contribution >= 4 is 23.2 Å². The Morgan fingerprint density at radius 2 is 2.46 bits per heavy atom. The number of nitrogens with zero attached hydrogens (tertiary/aromatic N) is 2. The average Bonchev–Trinajstić information content (AvgIpc) is 2.19. The highest BCUT2D eigenvalue weighted by molar-refractivity contribution is 7.78. The van der Waals surface area contributed by atoms with E-state index < -0.39 is 0 Å². The third kappa shape index (κ3) is 2.86. The van der Waals surface area contributed by atoms with Crippen molar-refractivity contribution in [2.45, 2.75) is 0 Å². The number of Topliss-reactive ketones (excluding diaryl/α,β-unsaturated/α-hetero) is 1. The summed E-state index contributed by atoms with van der Waals surface area (Å²) in [5.41, 5.74) is 0.458. The van der Waals surface area contributed by atoms with Crippen LogP contribution in [0, 0.1) is 0 Å². The van der Waals surface area contributed by atoms with E-state index >= 15 is 0 Å². The fraction of sp³-hybridized carbons (Fsp3) is 0.222. The first-order valence-electron chi connectivity index (χ1n) is 3.77. The Morgan fingerprint density at radius 1 is 1.69 bits per heavy atom. The molecule has 0 unspecified atom stereocenters. The van der Waals surface area contributed by atoms with Crippen LogP contribution in [-0.2, 0) is 0 Å². The van der Waals surface area contributed by atoms with Gasteiger partial charge in [0.15, 0.2) is 0 Å². The Bertz CT molecular complexity index is 355. The molecule has 1 aromatic heterocycles. The number of thiocarbonyl (C=S) groups is 1. The van der Waals surface area contributed by atoms with Crippen molar-refractivity contribution < 1.29 is 9.37 Å². The van der Waals surface area contributed by atoms with Crippen LogP contribution in [0.1, 0.15) is 10.5 Å². The Labute approximate surface area is 81.7 Å². The van der Waals surface area contributed by atoms with Crippen LogP contribution in [0.15, 0.2) is 24.4 Å². The molecule has 0 saturated carbocycles. The second kappa shape index (κ2) is 4.60. The summed E-state index contributed by atoms with van der Waals surface area (Å²) in [6.45, 7) is 0.223. The lowest BCUT2D eigenvalue weighted by Crippen LogP contribution is -2.17. The molecular weight excluding hydrogens is 184 g/mol. The van der Waals surface area contributed by atoms with Gasteiger partial charge in [-0.05, 0) is 12.1 Å². The van der Waals surface area contributed by atoms with Crippen molar-refractivity contribution in [3.05, 3.63) is 30.1 Å². The van der Waals surface area contributed by atoms with Crippen molar-refractivity contribution in [3.63, 3.8) is 0 Å². The maximum Gasteiger partial charge on any atom is 0.249 e. The molecule has 4 heteroatoms. The molecule has 1 rings (SSSR count). The minimum Gasteiger partial charge on any atom is -0.285 e. The summed E-state index contributed by atoms with van der Waals surface area (Å²) in [6.07, 6.45) is 1.59. The summed E-state index contributed by atoms with van der Waals surface area (Å²) in [5.74, 6) is -0.0551. The molecule has 0 amide bonds. The van der Waals surface area contributed by atoms with E-state index in [4.69, 9.17) is 0 Å². The Balaban J connectivity index is 2.76. The molecule has 0 aliphatic carbocycles. The zero-order valence-corrected chi connectivity index (χ0v) is 8.04. The summed E-state index contributed by atoms with van der Waals surface area (Å²) in [4.78, 5) is 15.4. The van der Waals surface area contributed by atoms with Crippen molar-refractivity contribution in [2.24, 2.45) is 0 Å². The van der Waals surface area contributed by atoms with Gasteiger partial charge in [-0.25, -0.2) is 0 Å². The quantitative estimate of drug-likeness (QED) is 0.311. The molecule has 0 N–H and O–H groups in total. The lowest BCUT2D eigenvalue weighted by Gasteiger charge is -1.94. The molecule has 0 aliphatic rings. The van der Waals surface area contributed by atoms with Crippen LogP contribution in [0.3, 0.4) is 0 Å². The van der Waals surface area contributed by atoms with E-state index in [1.165, 1.54) is 4.58 Å². The fourth-order valence-electron chi connectivity index (χ4n) is 0.856. The number of pyridine rings is 1. The van der Waals surface area contributed by atoms with Gasteiger partial charge >= 0.3 is 0 Å². The van der Waals surface area contributed by atoms with E-state index in [0.29, 0.717) is 5.69 Å². The summed E-state index contributed by atoms with van der Waals surface area (Å²) in [6, 6.07) is 5.23. The predicted molar refractivity (Wildman–Crippen MR) is 52.2 cm³/mol. The first-order valence-corrected chi connectivity index (χ1v) is 4.18. The van der Waals surface area contributed by atoms with Gasteiger partial charge in [0.25, 0.3) is 0 Å². The largest absolute Gasteiger partial charge is 0.285 e. The van der Waals surface area contributed by atoms with Crippen LogP contribution in [0.25, 0.3) is 0 Å². The maximum atomic E-state index is 11.4. The first kappa shape index (κ1) is 9.71. The number of ketones is 1. The lowest BCUT2D eigenvalue weighted by molar-refractivity contribution is -0.474. The molecule has 0 saturated heterocycles. The zero-order valence-electron chi connectivity index (χ0n) is 7.23. The predicted octanol–water partition coefficient (Wildman–Crippen LogP) is 1.01. The molecule has 0 fully saturated rings. The molecule has 13 heavy (non-hydrogen) atoms. The molecule has 0 spiro atoms. The van der Waals surface area contributed by atoms with Crippen LogP contribution in [-0.4, -0.2) is 34.1 Å². The minimum absolute atomic E-state index is 0.0551. The number of carbonyl (C=O) groups excluding carboxylic acids is 1. The summed E-state index contributed by atoms with van der Waals surface area (Å²) < 4.78 is 1.52. The van der Waals surface area contributed by atoms with E-state index in [0.717, 1.165) is 0 Å². The van der Waals surface area contributed by atoms with Gasteiger partial charge < -0.3 is 0 Å². The lowest BCUT2D eigenvalue weighted by atomic mass is 10.2. The molecule has 1 heterocycles. The molecule has 0 aliphatic heterocycles. The molecule has 66 valence electrons. The first-order chi connectivity index (χ1) is 6.24. The minimum atomic E-state index is -0.0551. The maximum absolute atomic E-state index is 11.4. The van der Waals surface area contributed by atoms with Gasteiger partial charge in [0, 0.05) is 18.4 Å². The van der Waals surface area contributed by atoms with Gasteiger partial charge in [-0.3, -0.25) is 9.78 Å². The van der Waals surface area contributed by atoms with Gasteiger partial charge in [-0.2, -0.15) is 4.58 Å². The van der Waals surface area contributed by atoms with Crippen molar-refractivity contribution in [1.29, 1.82) is 0 Å². The SMILES string of the molecule is C[N+](=C=S)CC(=O)c1ccccn1. The number of likely N-dealkylation sites (N-methyl/N-ethyl adjacent to an activating group) is 1. The third-order valence-corrected chi connectivity index (χ3v) is 1.80. The summed E-state index contributed by atoms with van der Waals surface area (Å²) in [5, 5.41) is 2.43. The smallest absolute Gasteiger partial charge is 0.249 e. The van der Waals surface area contributed by atoms with Gasteiger partial charge in [-0.15, -0.1) is 0 Å². The third-order valence-electron chi connectivity index (χ3n) is 1.49. The van der Waals surface area contributed by atoms with Crippen LogP contribution < -0.4 is 0 Å². The summed E-state index contributed by atoms with van der Waals surface area (Å²) >= 11 is 4.55.